The normalized spacial score (nSPS) is 30.1. The molecule has 0 radical (unpaired) electrons. The molecule has 0 aromatic heterocycles. The number of alkyl halides is 3. The van der Waals surface area contributed by atoms with Crippen molar-refractivity contribution in [1.29, 1.82) is 0 Å². The molecule has 0 spiro atoms. The molecule has 1 rings (SSSR count). The molecule has 1 aliphatic heterocycles. The smallest absolute Gasteiger partial charge is 0.471 e. The van der Waals surface area contributed by atoms with E-state index in [1.807, 2.05) is 0 Å². The van der Waals surface area contributed by atoms with E-state index in [1.54, 1.807) is 0 Å². The molecule has 0 saturated carbocycles. The number of halogens is 3. The summed E-state index contributed by atoms with van der Waals surface area (Å²) in [6, 6.07) is -2.70. The van der Waals surface area contributed by atoms with Crippen molar-refractivity contribution in [3.8, 4) is 0 Å². The van der Waals surface area contributed by atoms with E-state index in [4.69, 9.17) is 5.11 Å². The van der Waals surface area contributed by atoms with Crippen molar-refractivity contribution in [1.82, 2.24) is 4.90 Å². The number of carbonyl (C=O) groups excluding carboxylic acids is 1. The van der Waals surface area contributed by atoms with Crippen LogP contribution in [0.3, 0.4) is 0 Å². The van der Waals surface area contributed by atoms with Crippen LogP contribution in [-0.4, -0.2) is 55.9 Å². The maximum absolute atomic E-state index is 12.3. The highest BCUT2D eigenvalue weighted by Gasteiger charge is 2.50. The molecule has 0 aliphatic carbocycles. The van der Waals surface area contributed by atoms with Crippen molar-refractivity contribution in [2.24, 2.45) is 0 Å². The molecule has 0 aromatic carbocycles. The van der Waals surface area contributed by atoms with Gasteiger partial charge in [-0.05, 0) is 6.92 Å². The lowest BCUT2D eigenvalue weighted by Crippen LogP contribution is -2.60. The standard InChI is InChI=1S/C8H10F3NO4S/c1-4-2-17(16)3-5(6(13)14)12(4)7(15)8(9,10)11/h4-5H,2-3H2,1H3,(H,13,14). The second kappa shape index (κ2) is 4.63. The number of carboxylic acids is 1. The summed E-state index contributed by atoms with van der Waals surface area (Å²) >= 11 is 0. The van der Waals surface area contributed by atoms with E-state index < -0.39 is 46.7 Å². The van der Waals surface area contributed by atoms with Crippen molar-refractivity contribution < 1.29 is 32.1 Å². The number of hydrogen-bond donors (Lipinski definition) is 1. The third-order valence-electron chi connectivity index (χ3n) is 2.34. The molecule has 98 valence electrons. The van der Waals surface area contributed by atoms with Gasteiger partial charge in [-0.2, -0.15) is 13.2 Å². The Balaban J connectivity index is 3.04. The van der Waals surface area contributed by atoms with Gasteiger partial charge >= 0.3 is 18.1 Å². The van der Waals surface area contributed by atoms with E-state index in [1.165, 1.54) is 6.92 Å². The first kappa shape index (κ1) is 13.9. The van der Waals surface area contributed by atoms with E-state index in [-0.39, 0.29) is 10.7 Å². The fourth-order valence-electron chi connectivity index (χ4n) is 1.66. The van der Waals surface area contributed by atoms with Gasteiger partial charge in [0.05, 0.1) is 5.75 Å². The average molecular weight is 273 g/mol. The minimum absolute atomic E-state index is 0.147. The summed E-state index contributed by atoms with van der Waals surface area (Å²) in [6.45, 7) is 1.25. The highest BCUT2D eigenvalue weighted by atomic mass is 32.2. The first-order valence-corrected chi connectivity index (χ1v) is 6.10. The number of rotatable bonds is 1. The molecule has 9 heteroatoms. The van der Waals surface area contributed by atoms with Crippen LogP contribution in [0, 0.1) is 0 Å². The van der Waals surface area contributed by atoms with Gasteiger partial charge in [-0.3, -0.25) is 9.00 Å². The summed E-state index contributed by atoms with van der Waals surface area (Å²) in [6.07, 6.45) is -5.12. The number of nitrogens with zero attached hydrogens (tertiary/aromatic N) is 1. The van der Waals surface area contributed by atoms with Gasteiger partial charge in [-0.1, -0.05) is 0 Å². The molecule has 1 heterocycles. The van der Waals surface area contributed by atoms with Gasteiger partial charge in [0.25, 0.3) is 0 Å². The van der Waals surface area contributed by atoms with Crippen molar-refractivity contribution in [3.63, 3.8) is 0 Å². The Hall–Kier alpha value is -1.12. The largest absolute Gasteiger partial charge is 0.480 e. The van der Waals surface area contributed by atoms with Crippen LogP contribution in [-0.2, 0) is 20.4 Å². The highest BCUT2D eigenvalue weighted by Crippen LogP contribution is 2.25. The van der Waals surface area contributed by atoms with Crippen LogP contribution in [0.2, 0.25) is 0 Å². The van der Waals surface area contributed by atoms with Crippen LogP contribution >= 0.6 is 0 Å². The van der Waals surface area contributed by atoms with E-state index in [0.717, 1.165) is 0 Å². The number of aliphatic carboxylic acids is 1. The molecule has 3 atom stereocenters. The van der Waals surface area contributed by atoms with Crippen molar-refractivity contribution in [3.05, 3.63) is 0 Å². The molecule has 0 aromatic rings. The Morgan fingerprint density at radius 1 is 1.35 bits per heavy atom. The predicted molar refractivity (Wildman–Crippen MR) is 51.7 cm³/mol. The predicted octanol–water partition coefficient (Wildman–Crippen LogP) is -0.0187. The van der Waals surface area contributed by atoms with Gasteiger partial charge < -0.3 is 10.0 Å². The van der Waals surface area contributed by atoms with Crippen LogP contribution in [0.4, 0.5) is 13.2 Å². The third kappa shape index (κ3) is 2.96. The van der Waals surface area contributed by atoms with Crippen LogP contribution in [0.15, 0.2) is 0 Å². The minimum Gasteiger partial charge on any atom is -0.480 e. The van der Waals surface area contributed by atoms with Crippen molar-refractivity contribution >= 4 is 22.7 Å². The lowest BCUT2D eigenvalue weighted by Gasteiger charge is -2.37. The van der Waals surface area contributed by atoms with Crippen LogP contribution in [0.5, 0.6) is 0 Å². The third-order valence-corrected chi connectivity index (χ3v) is 3.89. The molecule has 5 nitrogen and oxygen atoms in total. The molecule has 1 saturated heterocycles. The topological polar surface area (TPSA) is 74.7 Å². The Kier molecular flexibility index (Phi) is 3.80. The molecule has 1 N–H and O–H groups in total. The molecule has 3 unspecified atom stereocenters. The average Bonchev–Trinajstić information content (AvgIpc) is 2.13. The van der Waals surface area contributed by atoms with Crippen LogP contribution in [0.1, 0.15) is 6.92 Å². The number of amides is 1. The van der Waals surface area contributed by atoms with Gasteiger partial charge in [-0.25, -0.2) is 4.79 Å². The zero-order valence-electron chi connectivity index (χ0n) is 8.73. The monoisotopic (exact) mass is 273 g/mol. The van der Waals surface area contributed by atoms with Crippen molar-refractivity contribution in [2.45, 2.75) is 25.2 Å². The summed E-state index contributed by atoms with van der Waals surface area (Å²) in [5, 5.41) is 8.76. The van der Waals surface area contributed by atoms with Gasteiger partial charge in [-0.15, -0.1) is 0 Å². The van der Waals surface area contributed by atoms with E-state index in [9.17, 15) is 27.0 Å². The van der Waals surface area contributed by atoms with Crippen LogP contribution in [0.25, 0.3) is 0 Å². The van der Waals surface area contributed by atoms with Gasteiger partial charge in [0, 0.05) is 22.6 Å². The van der Waals surface area contributed by atoms with E-state index in [2.05, 4.69) is 0 Å². The summed E-state index contributed by atoms with van der Waals surface area (Å²) in [5.41, 5.74) is 0. The summed E-state index contributed by atoms with van der Waals surface area (Å²) in [7, 11) is -1.53. The Morgan fingerprint density at radius 2 is 1.88 bits per heavy atom. The first-order valence-electron chi connectivity index (χ1n) is 4.62. The summed E-state index contributed by atoms with van der Waals surface area (Å²) in [5.74, 6) is -4.40. The maximum atomic E-state index is 12.3. The molecule has 1 amide bonds. The lowest BCUT2D eigenvalue weighted by molar-refractivity contribution is -0.191. The molecule has 0 bridgehead atoms. The Labute approximate surface area is 97.0 Å². The number of hydrogen-bond acceptors (Lipinski definition) is 3. The second-order valence-electron chi connectivity index (χ2n) is 3.69. The SMILES string of the molecule is CC1CS(=O)CC(C(=O)O)N1C(=O)C(F)(F)F. The quantitative estimate of drug-likeness (QED) is 0.728. The van der Waals surface area contributed by atoms with E-state index >= 15 is 0 Å². The fourth-order valence-corrected chi connectivity index (χ4v) is 3.15. The zero-order chi connectivity index (χ0) is 13.4. The zero-order valence-corrected chi connectivity index (χ0v) is 9.55. The summed E-state index contributed by atoms with van der Waals surface area (Å²) < 4.78 is 48.1. The van der Waals surface area contributed by atoms with Gasteiger partial charge in [0.2, 0.25) is 0 Å². The van der Waals surface area contributed by atoms with E-state index in [0.29, 0.717) is 0 Å². The molecular weight excluding hydrogens is 263 g/mol. The molecular formula is C8H10F3NO4S. The first-order chi connectivity index (χ1) is 7.64. The van der Waals surface area contributed by atoms with Crippen molar-refractivity contribution in [2.75, 3.05) is 11.5 Å². The number of carbonyl (C=O) groups is 2. The number of carboxylic acid groups (broad SMARTS) is 1. The Bertz CT molecular complexity index is 370. The fraction of sp³-hybridized carbons (Fsp3) is 0.750. The molecule has 1 fully saturated rings. The minimum atomic E-state index is -5.12. The molecule has 17 heavy (non-hydrogen) atoms. The van der Waals surface area contributed by atoms with Crippen LogP contribution < -0.4 is 0 Å². The Morgan fingerprint density at radius 3 is 2.29 bits per heavy atom. The van der Waals surface area contributed by atoms with Gasteiger partial charge in [0.15, 0.2) is 0 Å². The summed E-state index contributed by atoms with van der Waals surface area (Å²) in [4.78, 5) is 22.1. The molecule has 1 aliphatic rings. The lowest BCUT2D eigenvalue weighted by atomic mass is 10.2. The highest BCUT2D eigenvalue weighted by molar-refractivity contribution is 7.85. The van der Waals surface area contributed by atoms with Gasteiger partial charge in [0.1, 0.15) is 6.04 Å². The maximum Gasteiger partial charge on any atom is 0.471 e. The second-order valence-corrected chi connectivity index (χ2v) is 5.23.